The van der Waals surface area contributed by atoms with Crippen LogP contribution in [-0.4, -0.2) is 57.2 Å². The number of nitrogens with two attached hydrogens (primary N) is 1. The molecule has 160 valence electrons. The van der Waals surface area contributed by atoms with E-state index in [1.54, 1.807) is 6.92 Å². The van der Waals surface area contributed by atoms with Crippen molar-refractivity contribution in [3.05, 3.63) is 6.33 Å². The Morgan fingerprint density at radius 2 is 2.28 bits per heavy atom. The number of fused-ring (bicyclic) bond motifs is 2. The molecule has 2 aromatic rings. The summed E-state index contributed by atoms with van der Waals surface area (Å²) >= 11 is 0. The van der Waals surface area contributed by atoms with Crippen LogP contribution in [0.5, 0.6) is 0 Å². The zero-order valence-electron chi connectivity index (χ0n) is 16.4. The molecule has 2 saturated heterocycles. The van der Waals surface area contributed by atoms with E-state index in [0.29, 0.717) is 23.5 Å². The van der Waals surface area contributed by atoms with Crippen LogP contribution in [0.15, 0.2) is 6.33 Å². The molecule has 11 nitrogen and oxygen atoms in total. The van der Waals surface area contributed by atoms with Crippen molar-refractivity contribution in [2.75, 3.05) is 30.8 Å². The lowest BCUT2D eigenvalue weighted by molar-refractivity contribution is -0.0702. The molecule has 0 amide bonds. The fourth-order valence-corrected chi connectivity index (χ4v) is 5.00. The zero-order chi connectivity index (χ0) is 20.8. The molecule has 2 aliphatic rings. The number of rotatable bonds is 6. The van der Waals surface area contributed by atoms with Crippen molar-refractivity contribution in [2.45, 2.75) is 51.3 Å². The number of imidazole rings is 1. The first-order valence-electron chi connectivity index (χ1n) is 9.45. The molecule has 2 aliphatic heterocycles. The molecule has 3 N–H and O–H groups in total. The van der Waals surface area contributed by atoms with Crippen LogP contribution in [0.1, 0.15) is 33.4 Å². The summed E-state index contributed by atoms with van der Waals surface area (Å²) in [6.07, 6.45) is -0.771. The van der Waals surface area contributed by atoms with Gasteiger partial charge in [-0.2, -0.15) is 9.97 Å². The van der Waals surface area contributed by atoms with E-state index >= 15 is 4.39 Å². The Hall–Kier alpha value is -1.85. The van der Waals surface area contributed by atoms with Gasteiger partial charge in [0.15, 0.2) is 28.9 Å². The van der Waals surface area contributed by atoms with Crippen LogP contribution in [0.25, 0.3) is 11.2 Å². The average Bonchev–Trinajstić information content (AvgIpc) is 3.18. The Labute approximate surface area is 166 Å². The molecule has 0 spiro atoms. The third kappa shape index (κ3) is 3.49. The van der Waals surface area contributed by atoms with E-state index in [1.807, 2.05) is 6.92 Å². The van der Waals surface area contributed by atoms with Gasteiger partial charge in [0.1, 0.15) is 12.2 Å². The van der Waals surface area contributed by atoms with E-state index in [0.717, 1.165) is 6.42 Å². The minimum atomic E-state index is -3.84. The minimum Gasteiger partial charge on any atom is -0.368 e. The van der Waals surface area contributed by atoms with E-state index in [1.165, 1.54) is 17.8 Å². The van der Waals surface area contributed by atoms with Gasteiger partial charge in [-0.3, -0.25) is 18.1 Å². The highest BCUT2D eigenvalue weighted by molar-refractivity contribution is 7.48. The number of hydrogen-bond donors (Lipinski definition) is 2. The Bertz CT molecular complexity index is 955. The van der Waals surface area contributed by atoms with E-state index in [-0.39, 0.29) is 19.2 Å². The molecule has 0 bridgehead atoms. The molecule has 4 rings (SSSR count). The predicted molar refractivity (Wildman–Crippen MR) is 102 cm³/mol. The first kappa shape index (κ1) is 20.4. The van der Waals surface area contributed by atoms with Crippen molar-refractivity contribution in [1.29, 1.82) is 0 Å². The lowest BCUT2D eigenvalue weighted by Crippen LogP contribution is -2.44. The summed E-state index contributed by atoms with van der Waals surface area (Å²) in [7, 11) is -3.84. The number of phosphoric acid groups is 1. The van der Waals surface area contributed by atoms with E-state index in [9.17, 15) is 4.57 Å². The van der Waals surface area contributed by atoms with Crippen molar-refractivity contribution < 1.29 is 27.3 Å². The molecule has 13 heteroatoms. The van der Waals surface area contributed by atoms with Crippen LogP contribution >= 0.6 is 7.82 Å². The number of nitrogens with one attached hydrogen (secondary N) is 1. The Morgan fingerprint density at radius 3 is 3.00 bits per heavy atom. The molecule has 0 aliphatic carbocycles. The Balaban J connectivity index is 1.70. The normalized spacial score (nSPS) is 34.4. The molecule has 5 atom stereocenters. The second-order valence-corrected chi connectivity index (χ2v) is 8.67. The van der Waals surface area contributed by atoms with Crippen LogP contribution in [0.3, 0.4) is 0 Å². The highest BCUT2D eigenvalue weighted by atomic mass is 31.2. The van der Waals surface area contributed by atoms with Gasteiger partial charge in [0.25, 0.3) is 0 Å². The number of anilines is 2. The van der Waals surface area contributed by atoms with Gasteiger partial charge in [-0.25, -0.2) is 13.9 Å². The molecule has 1 unspecified atom stereocenters. The van der Waals surface area contributed by atoms with Crippen LogP contribution in [0.2, 0.25) is 0 Å². The van der Waals surface area contributed by atoms with Gasteiger partial charge in [0.2, 0.25) is 5.95 Å². The number of halogens is 1. The molecular weight excluding hydrogens is 406 g/mol. The van der Waals surface area contributed by atoms with Crippen molar-refractivity contribution >= 4 is 30.8 Å². The van der Waals surface area contributed by atoms with Gasteiger partial charge in [-0.1, -0.05) is 6.92 Å². The summed E-state index contributed by atoms with van der Waals surface area (Å²) < 4.78 is 51.3. The fraction of sp³-hybridized carbons (Fsp3) is 0.688. The van der Waals surface area contributed by atoms with Gasteiger partial charge in [0, 0.05) is 6.54 Å². The van der Waals surface area contributed by atoms with Gasteiger partial charge in [-0.15, -0.1) is 0 Å². The summed E-state index contributed by atoms with van der Waals surface area (Å²) in [5.74, 6) is 0.485. The van der Waals surface area contributed by atoms with Crippen LogP contribution in [-0.2, 0) is 22.9 Å². The number of phosphoric ester groups is 1. The Kier molecular flexibility index (Phi) is 5.24. The molecule has 0 saturated carbocycles. The molecule has 4 heterocycles. The number of alkyl halides is 1. The predicted octanol–water partition coefficient (Wildman–Crippen LogP) is 2.42. The van der Waals surface area contributed by atoms with E-state index in [4.69, 9.17) is 24.0 Å². The third-order valence-electron chi connectivity index (χ3n) is 4.84. The maximum atomic E-state index is 15.9. The largest absolute Gasteiger partial charge is 0.475 e. The van der Waals surface area contributed by atoms with Crippen LogP contribution in [0, 0.1) is 0 Å². The first-order chi connectivity index (χ1) is 13.8. The van der Waals surface area contributed by atoms with Crippen LogP contribution in [0.4, 0.5) is 16.2 Å². The first-order valence-corrected chi connectivity index (χ1v) is 10.9. The summed E-state index contributed by atoms with van der Waals surface area (Å²) in [5.41, 5.74) is 4.54. The van der Waals surface area contributed by atoms with Gasteiger partial charge in [-0.05, 0) is 20.3 Å². The number of ether oxygens (including phenoxy) is 1. The number of aromatic nitrogens is 4. The molecule has 0 radical (unpaired) electrons. The number of hydrogen-bond acceptors (Lipinski definition) is 10. The summed E-state index contributed by atoms with van der Waals surface area (Å²) in [5, 5.41) is 3.14. The summed E-state index contributed by atoms with van der Waals surface area (Å²) in [6.45, 7) is 5.63. The van der Waals surface area contributed by atoms with Gasteiger partial charge in [0.05, 0.1) is 19.5 Å². The molecular formula is C16H24FN6O5P. The molecule has 0 aromatic carbocycles. The quantitative estimate of drug-likeness (QED) is 0.658. The monoisotopic (exact) mass is 430 g/mol. The summed E-state index contributed by atoms with van der Waals surface area (Å²) in [6, 6.07) is 0. The summed E-state index contributed by atoms with van der Waals surface area (Å²) in [4.78, 5) is 12.7. The van der Waals surface area contributed by atoms with Crippen molar-refractivity contribution in [3.63, 3.8) is 0 Å². The van der Waals surface area contributed by atoms with E-state index < -0.39 is 31.9 Å². The topological polar surface area (TPSA) is 136 Å². The minimum absolute atomic E-state index is 0.0225. The Morgan fingerprint density at radius 1 is 1.48 bits per heavy atom. The standard InChI is InChI=1S/C16H24FN6O5P/c1-4-6-19-12-10-13(22-15(18)21-12)23(8-20-10)14-16(3,17)11-9(27-14)7-26-29(24,28-11)25-5-2/h8-9,11,14H,4-7H2,1-3H3,(H3,18,19,21,22)/t9-,11-,14-,16-,29?/m1/s1. The average molecular weight is 430 g/mol. The third-order valence-corrected chi connectivity index (χ3v) is 6.37. The van der Waals surface area contributed by atoms with Gasteiger partial charge < -0.3 is 15.8 Å². The second-order valence-electron chi connectivity index (χ2n) is 7.05. The number of nitrogens with zero attached hydrogens (tertiary/aromatic N) is 4. The zero-order valence-corrected chi connectivity index (χ0v) is 17.3. The SMILES string of the molecule is CCCNc1nc(N)nc2c1ncn2[C@@H]1O[C@@H]2COP(=O)(OCC)O[C@H]2[C@@]1(C)F. The highest BCUT2D eigenvalue weighted by Crippen LogP contribution is 2.59. The fourth-order valence-electron chi connectivity index (χ4n) is 3.54. The number of nitrogen functional groups attached to an aromatic ring is 1. The van der Waals surface area contributed by atoms with Crippen molar-refractivity contribution in [3.8, 4) is 0 Å². The van der Waals surface area contributed by atoms with Crippen LogP contribution < -0.4 is 11.1 Å². The van der Waals surface area contributed by atoms with E-state index in [2.05, 4.69) is 20.3 Å². The molecule has 29 heavy (non-hydrogen) atoms. The lowest BCUT2D eigenvalue weighted by atomic mass is 9.98. The molecule has 2 fully saturated rings. The lowest BCUT2D eigenvalue weighted by Gasteiger charge is -2.33. The maximum Gasteiger partial charge on any atom is 0.475 e. The highest BCUT2D eigenvalue weighted by Gasteiger charge is 2.61. The molecule has 2 aromatic heterocycles. The smallest absolute Gasteiger partial charge is 0.368 e. The van der Waals surface area contributed by atoms with Gasteiger partial charge >= 0.3 is 7.82 Å². The maximum absolute atomic E-state index is 15.9. The van der Waals surface area contributed by atoms with Crippen molar-refractivity contribution in [2.24, 2.45) is 0 Å². The second kappa shape index (κ2) is 7.44. The van der Waals surface area contributed by atoms with Crippen molar-refractivity contribution in [1.82, 2.24) is 19.5 Å².